The average molecular weight is 488 g/mol. The molecular formula is C26H16Br2. The maximum atomic E-state index is 3.67. The van der Waals surface area contributed by atoms with Crippen LogP contribution in [-0.4, -0.2) is 0 Å². The summed E-state index contributed by atoms with van der Waals surface area (Å²) in [6.45, 7) is 0. The summed E-state index contributed by atoms with van der Waals surface area (Å²) in [5.41, 5.74) is 10.1. The molecular weight excluding hydrogens is 472 g/mol. The van der Waals surface area contributed by atoms with E-state index in [1.165, 1.54) is 44.5 Å². The molecule has 2 heteroatoms. The van der Waals surface area contributed by atoms with E-state index in [0.717, 1.165) is 8.95 Å². The average Bonchev–Trinajstić information content (AvgIpc) is 3.03. The summed E-state index contributed by atoms with van der Waals surface area (Å²) < 4.78 is 2.12. The summed E-state index contributed by atoms with van der Waals surface area (Å²) in [6, 6.07) is 34.6. The molecule has 4 aromatic carbocycles. The second-order valence-electron chi connectivity index (χ2n) is 6.87. The summed E-state index contributed by atoms with van der Waals surface area (Å²) >= 11 is 7.35. The Bertz CT molecular complexity index is 1150. The molecule has 0 saturated carbocycles. The number of halogens is 2. The molecule has 0 heterocycles. The second-order valence-corrected chi connectivity index (χ2v) is 8.70. The van der Waals surface area contributed by atoms with Crippen LogP contribution in [0, 0.1) is 0 Å². The van der Waals surface area contributed by atoms with E-state index < -0.39 is 0 Å². The molecule has 0 radical (unpaired) electrons. The number of hydrogen-bond donors (Lipinski definition) is 0. The molecule has 4 aromatic rings. The van der Waals surface area contributed by atoms with Gasteiger partial charge in [-0.05, 0) is 62.7 Å². The van der Waals surface area contributed by atoms with Gasteiger partial charge in [-0.25, -0.2) is 0 Å². The largest absolute Gasteiger partial charge is 0.0622 e. The van der Waals surface area contributed by atoms with Crippen molar-refractivity contribution in [1.82, 2.24) is 0 Å². The van der Waals surface area contributed by atoms with E-state index in [2.05, 4.69) is 129 Å². The smallest absolute Gasteiger partial charge is 0.0192 e. The zero-order chi connectivity index (χ0) is 19.1. The van der Waals surface area contributed by atoms with Gasteiger partial charge in [-0.2, -0.15) is 0 Å². The van der Waals surface area contributed by atoms with Crippen molar-refractivity contribution >= 4 is 43.0 Å². The number of fused-ring (bicyclic) bond motifs is 3. The Balaban J connectivity index is 1.93. The summed E-state index contributed by atoms with van der Waals surface area (Å²) in [6.07, 6.45) is 0. The minimum absolute atomic E-state index is 1.06. The van der Waals surface area contributed by atoms with Gasteiger partial charge in [0.1, 0.15) is 0 Å². The van der Waals surface area contributed by atoms with Crippen LogP contribution in [-0.2, 0) is 0 Å². The lowest BCUT2D eigenvalue weighted by Gasteiger charge is -2.16. The molecule has 28 heavy (non-hydrogen) atoms. The van der Waals surface area contributed by atoms with Crippen molar-refractivity contribution in [1.29, 1.82) is 0 Å². The van der Waals surface area contributed by atoms with E-state index in [1.807, 2.05) is 0 Å². The van der Waals surface area contributed by atoms with Crippen LogP contribution in [0.1, 0.15) is 22.3 Å². The highest BCUT2D eigenvalue weighted by Gasteiger charge is 2.26. The van der Waals surface area contributed by atoms with Crippen molar-refractivity contribution in [2.24, 2.45) is 0 Å². The number of hydrogen-bond acceptors (Lipinski definition) is 0. The Morgan fingerprint density at radius 1 is 0.464 bits per heavy atom. The summed E-state index contributed by atoms with van der Waals surface area (Å²) in [5, 5.41) is 0. The fourth-order valence-electron chi connectivity index (χ4n) is 4.04. The second kappa shape index (κ2) is 7.20. The van der Waals surface area contributed by atoms with Crippen molar-refractivity contribution < 1.29 is 0 Å². The summed E-state index contributed by atoms with van der Waals surface area (Å²) in [5.74, 6) is 0. The SMILES string of the molecule is Brc1cc(Br)cc(C(=C2c3ccccc3-c3ccccc32)c2ccccc2)c1. The molecule has 134 valence electrons. The van der Waals surface area contributed by atoms with Gasteiger partial charge in [-0.15, -0.1) is 0 Å². The van der Waals surface area contributed by atoms with E-state index in [0.29, 0.717) is 0 Å². The Morgan fingerprint density at radius 3 is 1.46 bits per heavy atom. The lowest BCUT2D eigenvalue weighted by atomic mass is 9.88. The Kier molecular flexibility index (Phi) is 4.54. The van der Waals surface area contributed by atoms with Crippen LogP contribution in [0.2, 0.25) is 0 Å². The first-order valence-electron chi connectivity index (χ1n) is 9.18. The van der Waals surface area contributed by atoms with Crippen molar-refractivity contribution in [3.63, 3.8) is 0 Å². The molecule has 5 rings (SSSR count). The first-order chi connectivity index (χ1) is 13.7. The van der Waals surface area contributed by atoms with Crippen LogP contribution in [0.25, 0.3) is 22.3 Å². The van der Waals surface area contributed by atoms with Gasteiger partial charge in [0.05, 0.1) is 0 Å². The molecule has 1 aliphatic carbocycles. The standard InChI is InChI=1S/C26H16Br2/c27-19-14-18(15-20(28)16-19)25(17-8-2-1-3-9-17)26-23-12-6-4-10-21(23)22-11-5-7-13-24(22)26/h1-16H. The van der Waals surface area contributed by atoms with E-state index in [-0.39, 0.29) is 0 Å². The lowest BCUT2D eigenvalue weighted by molar-refractivity contribution is 1.50. The summed E-state index contributed by atoms with van der Waals surface area (Å²) in [7, 11) is 0. The fraction of sp³-hybridized carbons (Fsp3) is 0. The summed E-state index contributed by atoms with van der Waals surface area (Å²) in [4.78, 5) is 0. The van der Waals surface area contributed by atoms with Crippen LogP contribution >= 0.6 is 31.9 Å². The Hall–Kier alpha value is -2.42. The van der Waals surface area contributed by atoms with Gasteiger partial charge < -0.3 is 0 Å². The Morgan fingerprint density at radius 2 is 0.929 bits per heavy atom. The molecule has 0 amide bonds. The maximum absolute atomic E-state index is 3.67. The molecule has 0 fully saturated rings. The van der Waals surface area contributed by atoms with Crippen LogP contribution in [0.3, 0.4) is 0 Å². The number of rotatable bonds is 2. The van der Waals surface area contributed by atoms with E-state index >= 15 is 0 Å². The number of benzene rings is 4. The molecule has 0 N–H and O–H groups in total. The van der Waals surface area contributed by atoms with Crippen molar-refractivity contribution in [2.75, 3.05) is 0 Å². The highest BCUT2D eigenvalue weighted by atomic mass is 79.9. The molecule has 0 spiro atoms. The van der Waals surface area contributed by atoms with Gasteiger partial charge in [0.2, 0.25) is 0 Å². The zero-order valence-corrected chi connectivity index (χ0v) is 18.2. The third kappa shape index (κ3) is 2.97. The maximum Gasteiger partial charge on any atom is 0.0192 e. The van der Waals surface area contributed by atoms with Crippen LogP contribution < -0.4 is 0 Å². The Labute approximate surface area is 181 Å². The molecule has 0 saturated heterocycles. The lowest BCUT2D eigenvalue weighted by Crippen LogP contribution is -1.95. The van der Waals surface area contributed by atoms with Gasteiger partial charge in [-0.1, -0.05) is 111 Å². The van der Waals surface area contributed by atoms with Gasteiger partial charge in [0, 0.05) is 8.95 Å². The van der Waals surface area contributed by atoms with Gasteiger partial charge in [0.25, 0.3) is 0 Å². The molecule has 0 nitrogen and oxygen atoms in total. The van der Waals surface area contributed by atoms with Crippen molar-refractivity contribution in [3.8, 4) is 11.1 Å². The van der Waals surface area contributed by atoms with Crippen LogP contribution in [0.15, 0.2) is 106 Å². The first kappa shape index (κ1) is 17.7. The minimum atomic E-state index is 1.06. The molecule has 0 bridgehead atoms. The van der Waals surface area contributed by atoms with E-state index in [4.69, 9.17) is 0 Å². The molecule has 0 atom stereocenters. The fourth-order valence-corrected chi connectivity index (χ4v) is 5.34. The van der Waals surface area contributed by atoms with Gasteiger partial charge in [0.15, 0.2) is 0 Å². The van der Waals surface area contributed by atoms with Crippen molar-refractivity contribution in [3.05, 3.63) is 128 Å². The van der Waals surface area contributed by atoms with Crippen LogP contribution in [0.4, 0.5) is 0 Å². The third-order valence-electron chi connectivity index (χ3n) is 5.15. The van der Waals surface area contributed by atoms with Gasteiger partial charge in [-0.3, -0.25) is 0 Å². The minimum Gasteiger partial charge on any atom is -0.0622 e. The third-order valence-corrected chi connectivity index (χ3v) is 6.06. The quantitative estimate of drug-likeness (QED) is 0.235. The monoisotopic (exact) mass is 486 g/mol. The van der Waals surface area contributed by atoms with Crippen LogP contribution in [0.5, 0.6) is 0 Å². The normalized spacial score (nSPS) is 11.9. The zero-order valence-electron chi connectivity index (χ0n) is 15.0. The van der Waals surface area contributed by atoms with E-state index in [9.17, 15) is 0 Å². The van der Waals surface area contributed by atoms with Gasteiger partial charge >= 0.3 is 0 Å². The topological polar surface area (TPSA) is 0 Å². The first-order valence-corrected chi connectivity index (χ1v) is 10.8. The molecule has 1 aliphatic rings. The molecule has 0 aliphatic heterocycles. The van der Waals surface area contributed by atoms with Crippen molar-refractivity contribution in [2.45, 2.75) is 0 Å². The highest BCUT2D eigenvalue weighted by molar-refractivity contribution is 9.11. The molecule has 0 unspecified atom stereocenters. The highest BCUT2D eigenvalue weighted by Crippen LogP contribution is 2.49. The predicted octanol–water partition coefficient (Wildman–Crippen LogP) is 8.20. The molecule has 0 aromatic heterocycles. The van der Waals surface area contributed by atoms with E-state index in [1.54, 1.807) is 0 Å². The predicted molar refractivity (Wildman–Crippen MR) is 125 cm³/mol.